The highest BCUT2D eigenvalue weighted by Gasteiger charge is 2.30. The van der Waals surface area contributed by atoms with Crippen LogP contribution in [-0.2, 0) is 17.1 Å². The second-order valence-electron chi connectivity index (χ2n) is 7.03. The van der Waals surface area contributed by atoms with Gasteiger partial charge in [-0.25, -0.2) is 8.42 Å². The molecule has 1 saturated heterocycles. The van der Waals surface area contributed by atoms with E-state index in [1.165, 1.54) is 24.6 Å². The number of aromatic nitrogens is 1. The van der Waals surface area contributed by atoms with Gasteiger partial charge in [0.1, 0.15) is 10.6 Å². The summed E-state index contributed by atoms with van der Waals surface area (Å²) in [5.74, 6) is 0.639. The number of rotatable bonds is 6. The van der Waals surface area contributed by atoms with Crippen molar-refractivity contribution in [1.82, 2.24) is 8.87 Å². The third-order valence-corrected chi connectivity index (χ3v) is 7.31. The number of nitrogens with one attached hydrogen (secondary N) is 1. The molecule has 158 valence electrons. The van der Waals surface area contributed by atoms with Crippen LogP contribution in [0.3, 0.4) is 0 Å². The molecule has 1 amide bonds. The normalized spacial score (nSPS) is 15.2. The Hall–Kier alpha value is -2.52. The van der Waals surface area contributed by atoms with E-state index in [0.717, 1.165) is 19.3 Å². The van der Waals surface area contributed by atoms with Crippen LogP contribution in [0.2, 0.25) is 0 Å². The van der Waals surface area contributed by atoms with Crippen LogP contribution in [0.4, 0.5) is 5.69 Å². The summed E-state index contributed by atoms with van der Waals surface area (Å²) >= 11 is 0. The number of benzene rings is 1. The molecule has 1 fully saturated rings. The van der Waals surface area contributed by atoms with Crippen LogP contribution in [0.1, 0.15) is 35.4 Å². The molecule has 29 heavy (non-hydrogen) atoms. The first-order valence-corrected chi connectivity index (χ1v) is 10.9. The third-order valence-electron chi connectivity index (χ3n) is 5.30. The fourth-order valence-electron chi connectivity index (χ4n) is 3.50. The van der Waals surface area contributed by atoms with E-state index >= 15 is 0 Å². The van der Waals surface area contributed by atoms with Crippen LogP contribution in [0.5, 0.6) is 11.5 Å². The van der Waals surface area contributed by atoms with Crippen LogP contribution >= 0.6 is 0 Å². The van der Waals surface area contributed by atoms with Gasteiger partial charge in [-0.05, 0) is 38.0 Å². The Morgan fingerprint density at radius 3 is 2.31 bits per heavy atom. The zero-order valence-corrected chi connectivity index (χ0v) is 18.0. The molecule has 0 atom stereocenters. The number of piperidine rings is 1. The van der Waals surface area contributed by atoms with Gasteiger partial charge < -0.3 is 19.4 Å². The summed E-state index contributed by atoms with van der Waals surface area (Å²) in [6.45, 7) is 2.75. The maximum absolute atomic E-state index is 13.1. The van der Waals surface area contributed by atoms with Crippen molar-refractivity contribution in [2.24, 2.45) is 7.05 Å². The number of hydrogen-bond donors (Lipinski definition) is 1. The predicted molar refractivity (Wildman–Crippen MR) is 110 cm³/mol. The molecule has 0 unspecified atom stereocenters. The number of sulfonamides is 1. The van der Waals surface area contributed by atoms with Crippen molar-refractivity contribution in [1.29, 1.82) is 0 Å². The Morgan fingerprint density at radius 2 is 1.69 bits per heavy atom. The quantitative estimate of drug-likeness (QED) is 0.775. The van der Waals surface area contributed by atoms with Gasteiger partial charge >= 0.3 is 0 Å². The lowest BCUT2D eigenvalue weighted by Gasteiger charge is -2.25. The average molecular weight is 422 g/mol. The average Bonchev–Trinajstić information content (AvgIpc) is 3.04. The Labute approximate surface area is 171 Å². The molecule has 8 nitrogen and oxygen atoms in total. The molecule has 1 aromatic heterocycles. The molecule has 2 aromatic rings. The highest BCUT2D eigenvalue weighted by Crippen LogP contribution is 2.30. The molecular formula is C20H27N3O5S. The molecule has 1 aliphatic heterocycles. The summed E-state index contributed by atoms with van der Waals surface area (Å²) in [6, 6.07) is 6.49. The molecule has 1 N–H and O–H groups in total. The standard InChI is InChI=1S/C20H27N3O5S/c1-14-19(29(25,26)23-10-6-5-7-11-23)13-16(22(14)2)20(24)21-15-8-9-17(27-3)18(12-15)28-4/h8-9,12-13H,5-7,10-11H2,1-4H3,(H,21,24). The minimum absolute atomic E-state index is 0.180. The number of methoxy groups -OCH3 is 2. The van der Waals surface area contributed by atoms with E-state index in [1.807, 2.05) is 0 Å². The van der Waals surface area contributed by atoms with Gasteiger partial charge in [0.15, 0.2) is 11.5 Å². The lowest BCUT2D eigenvalue weighted by molar-refractivity contribution is 0.101. The van der Waals surface area contributed by atoms with Crippen LogP contribution < -0.4 is 14.8 Å². The minimum Gasteiger partial charge on any atom is -0.493 e. The van der Waals surface area contributed by atoms with E-state index in [2.05, 4.69) is 5.32 Å². The zero-order chi connectivity index (χ0) is 21.2. The summed E-state index contributed by atoms with van der Waals surface area (Å²) in [5, 5.41) is 2.79. The monoisotopic (exact) mass is 421 g/mol. The zero-order valence-electron chi connectivity index (χ0n) is 17.2. The molecule has 3 rings (SSSR count). The minimum atomic E-state index is -3.62. The van der Waals surface area contributed by atoms with Crippen molar-refractivity contribution >= 4 is 21.6 Å². The van der Waals surface area contributed by atoms with Gasteiger partial charge in [0.25, 0.3) is 5.91 Å². The molecule has 9 heteroatoms. The molecular weight excluding hydrogens is 394 g/mol. The maximum Gasteiger partial charge on any atom is 0.272 e. The van der Waals surface area contributed by atoms with E-state index in [1.54, 1.807) is 36.7 Å². The number of nitrogens with zero attached hydrogens (tertiary/aromatic N) is 2. The number of carbonyl (C=O) groups excluding carboxylic acids is 1. The number of carbonyl (C=O) groups is 1. The molecule has 1 aliphatic rings. The van der Waals surface area contributed by atoms with Gasteiger partial charge in [-0.15, -0.1) is 0 Å². The second kappa shape index (κ2) is 8.46. The van der Waals surface area contributed by atoms with Gasteiger partial charge in [-0.3, -0.25) is 4.79 Å². The van der Waals surface area contributed by atoms with Crippen LogP contribution in [0.15, 0.2) is 29.2 Å². The first-order chi connectivity index (χ1) is 13.8. The number of ether oxygens (including phenoxy) is 2. The second-order valence-corrected chi connectivity index (χ2v) is 8.93. The number of hydrogen-bond acceptors (Lipinski definition) is 5. The Morgan fingerprint density at radius 1 is 1.03 bits per heavy atom. The van der Waals surface area contributed by atoms with E-state index in [-0.39, 0.29) is 10.6 Å². The smallest absolute Gasteiger partial charge is 0.272 e. The summed E-state index contributed by atoms with van der Waals surface area (Å²) in [6.07, 6.45) is 2.76. The topological polar surface area (TPSA) is 89.9 Å². The van der Waals surface area contributed by atoms with Crippen LogP contribution in [0, 0.1) is 6.92 Å². The molecule has 2 heterocycles. The summed E-state index contributed by atoms with van der Waals surface area (Å²) in [7, 11) is 1.11. The van der Waals surface area contributed by atoms with E-state index in [0.29, 0.717) is 36.0 Å². The first-order valence-electron chi connectivity index (χ1n) is 9.49. The van der Waals surface area contributed by atoms with Crippen molar-refractivity contribution < 1.29 is 22.7 Å². The molecule has 0 aliphatic carbocycles. The van der Waals surface area contributed by atoms with Crippen molar-refractivity contribution in [2.45, 2.75) is 31.1 Å². The lowest BCUT2D eigenvalue weighted by Crippen LogP contribution is -2.35. The van der Waals surface area contributed by atoms with Crippen molar-refractivity contribution in [3.05, 3.63) is 35.7 Å². The van der Waals surface area contributed by atoms with E-state index < -0.39 is 15.9 Å². The van der Waals surface area contributed by atoms with Crippen molar-refractivity contribution in [2.75, 3.05) is 32.6 Å². The van der Waals surface area contributed by atoms with Crippen LogP contribution in [0.25, 0.3) is 0 Å². The summed E-state index contributed by atoms with van der Waals surface area (Å²) in [4.78, 5) is 13.0. The van der Waals surface area contributed by atoms with Crippen LogP contribution in [-0.4, -0.2) is 50.5 Å². The lowest BCUT2D eigenvalue weighted by atomic mass is 10.2. The predicted octanol–water partition coefficient (Wildman–Crippen LogP) is 2.78. The maximum atomic E-state index is 13.1. The fourth-order valence-corrected chi connectivity index (χ4v) is 5.29. The molecule has 0 saturated carbocycles. The van der Waals surface area contributed by atoms with Gasteiger partial charge in [0.2, 0.25) is 10.0 Å². The molecule has 0 spiro atoms. The highest BCUT2D eigenvalue weighted by atomic mass is 32.2. The van der Waals surface area contributed by atoms with Crippen molar-refractivity contribution in [3.8, 4) is 11.5 Å². The molecule has 1 aromatic carbocycles. The van der Waals surface area contributed by atoms with Crippen molar-refractivity contribution in [3.63, 3.8) is 0 Å². The Kier molecular flexibility index (Phi) is 6.18. The van der Waals surface area contributed by atoms with E-state index in [4.69, 9.17) is 9.47 Å². The Bertz CT molecular complexity index is 1010. The largest absolute Gasteiger partial charge is 0.493 e. The summed E-state index contributed by atoms with van der Waals surface area (Å²) < 4.78 is 39.7. The fraction of sp³-hybridized carbons (Fsp3) is 0.450. The summed E-state index contributed by atoms with van der Waals surface area (Å²) in [5.41, 5.74) is 1.33. The third kappa shape index (κ3) is 4.11. The number of amides is 1. The van der Waals surface area contributed by atoms with Gasteiger partial charge in [0, 0.05) is 37.6 Å². The van der Waals surface area contributed by atoms with Gasteiger partial charge in [-0.2, -0.15) is 4.31 Å². The molecule has 0 radical (unpaired) electrons. The van der Waals surface area contributed by atoms with Gasteiger partial charge in [0.05, 0.1) is 14.2 Å². The first kappa shape index (κ1) is 21.2. The number of anilines is 1. The Balaban J connectivity index is 1.88. The van der Waals surface area contributed by atoms with E-state index in [9.17, 15) is 13.2 Å². The molecule has 0 bridgehead atoms. The SMILES string of the molecule is COc1ccc(NC(=O)c2cc(S(=O)(=O)N3CCCCC3)c(C)n2C)cc1OC. The van der Waals surface area contributed by atoms with Gasteiger partial charge in [-0.1, -0.05) is 6.42 Å². The highest BCUT2D eigenvalue weighted by molar-refractivity contribution is 7.89.